The van der Waals surface area contributed by atoms with Crippen molar-refractivity contribution in [3.63, 3.8) is 0 Å². The van der Waals surface area contributed by atoms with Gasteiger partial charge in [0.1, 0.15) is 0 Å². The van der Waals surface area contributed by atoms with Gasteiger partial charge in [-0.3, -0.25) is 0 Å². The first-order valence-corrected chi connectivity index (χ1v) is 6.16. The maximum absolute atomic E-state index is 10.1. The first-order valence-electron chi connectivity index (χ1n) is 5.00. The quantitative estimate of drug-likeness (QED) is 0.732. The fourth-order valence-corrected chi connectivity index (χ4v) is 3.18. The summed E-state index contributed by atoms with van der Waals surface area (Å²) in [7, 11) is 0. The van der Waals surface area contributed by atoms with Gasteiger partial charge in [-0.1, -0.05) is 26.7 Å². The molecule has 0 amide bonds. The van der Waals surface area contributed by atoms with Gasteiger partial charge in [0, 0.05) is 5.75 Å². The van der Waals surface area contributed by atoms with E-state index in [2.05, 4.69) is 13.8 Å². The normalized spacial score (nSPS) is 30.0. The predicted molar refractivity (Wildman–Crippen MR) is 55.6 cm³/mol. The Hall–Kier alpha value is 0.310. The van der Waals surface area contributed by atoms with E-state index in [0.29, 0.717) is 0 Å². The third-order valence-corrected chi connectivity index (χ3v) is 4.14. The fourth-order valence-electron chi connectivity index (χ4n) is 1.87. The number of aliphatic hydroxyl groups is 1. The standard InChI is InChI=1S/C10H20OS/c1-3-9(4-2)7-10(11)5-6-12-8-10/h9,11H,3-8H2,1-2H3. The van der Waals surface area contributed by atoms with E-state index in [0.717, 1.165) is 30.3 Å². The summed E-state index contributed by atoms with van der Waals surface area (Å²) >= 11 is 1.89. The lowest BCUT2D eigenvalue weighted by Crippen LogP contribution is -2.30. The molecule has 12 heavy (non-hydrogen) atoms. The zero-order chi connectivity index (χ0) is 9.03. The zero-order valence-corrected chi connectivity index (χ0v) is 8.99. The van der Waals surface area contributed by atoms with Gasteiger partial charge < -0.3 is 5.11 Å². The molecule has 72 valence electrons. The molecule has 2 heteroatoms. The van der Waals surface area contributed by atoms with Crippen molar-refractivity contribution in [2.75, 3.05) is 11.5 Å². The van der Waals surface area contributed by atoms with Gasteiger partial charge in [-0.25, -0.2) is 0 Å². The minimum atomic E-state index is -0.318. The first-order chi connectivity index (χ1) is 5.70. The van der Waals surface area contributed by atoms with Crippen LogP contribution in [0.4, 0.5) is 0 Å². The molecule has 1 atom stereocenters. The van der Waals surface area contributed by atoms with Crippen LogP contribution in [0.5, 0.6) is 0 Å². The molecule has 0 aromatic heterocycles. The first kappa shape index (κ1) is 10.4. The highest BCUT2D eigenvalue weighted by molar-refractivity contribution is 7.99. The summed E-state index contributed by atoms with van der Waals surface area (Å²) in [5, 5.41) is 10.1. The summed E-state index contributed by atoms with van der Waals surface area (Å²) in [6.07, 6.45) is 4.45. The Morgan fingerprint density at radius 2 is 2.08 bits per heavy atom. The molecule has 1 N–H and O–H groups in total. The Kier molecular flexibility index (Phi) is 3.91. The van der Waals surface area contributed by atoms with Gasteiger partial charge in [-0.2, -0.15) is 11.8 Å². The Morgan fingerprint density at radius 1 is 1.42 bits per heavy atom. The Balaban J connectivity index is 2.36. The van der Waals surface area contributed by atoms with Gasteiger partial charge in [-0.05, 0) is 24.5 Å². The lowest BCUT2D eigenvalue weighted by atomic mass is 9.87. The van der Waals surface area contributed by atoms with Gasteiger partial charge in [0.25, 0.3) is 0 Å². The molecule has 0 spiro atoms. The molecule has 1 unspecified atom stereocenters. The van der Waals surface area contributed by atoms with E-state index in [-0.39, 0.29) is 5.60 Å². The third-order valence-electron chi connectivity index (χ3n) is 2.91. The monoisotopic (exact) mass is 188 g/mol. The second-order valence-electron chi connectivity index (χ2n) is 3.91. The maximum Gasteiger partial charge on any atom is 0.0748 e. The minimum Gasteiger partial charge on any atom is -0.389 e. The summed E-state index contributed by atoms with van der Waals surface area (Å²) in [5.74, 6) is 2.84. The molecule has 1 nitrogen and oxygen atoms in total. The third kappa shape index (κ3) is 2.67. The summed E-state index contributed by atoms with van der Waals surface area (Å²) in [6.45, 7) is 4.44. The number of rotatable bonds is 4. The molecule has 0 bridgehead atoms. The van der Waals surface area contributed by atoms with Gasteiger partial charge in [0.2, 0.25) is 0 Å². The van der Waals surface area contributed by atoms with Crippen LogP contribution in [0.15, 0.2) is 0 Å². The summed E-state index contributed by atoms with van der Waals surface area (Å²) in [6, 6.07) is 0. The van der Waals surface area contributed by atoms with Crippen LogP contribution in [0.3, 0.4) is 0 Å². The van der Waals surface area contributed by atoms with Crippen LogP contribution in [0, 0.1) is 5.92 Å². The maximum atomic E-state index is 10.1. The van der Waals surface area contributed by atoms with Gasteiger partial charge in [-0.15, -0.1) is 0 Å². The van der Waals surface area contributed by atoms with Crippen molar-refractivity contribution < 1.29 is 5.11 Å². The molecule has 0 radical (unpaired) electrons. The lowest BCUT2D eigenvalue weighted by Gasteiger charge is -2.25. The lowest BCUT2D eigenvalue weighted by molar-refractivity contribution is 0.0399. The highest BCUT2D eigenvalue weighted by Gasteiger charge is 2.33. The average molecular weight is 188 g/mol. The van der Waals surface area contributed by atoms with Crippen molar-refractivity contribution in [1.29, 1.82) is 0 Å². The van der Waals surface area contributed by atoms with Crippen molar-refractivity contribution in [2.24, 2.45) is 5.92 Å². The molecule has 1 heterocycles. The van der Waals surface area contributed by atoms with Gasteiger partial charge in [0.05, 0.1) is 5.60 Å². The Bertz CT molecular complexity index is 126. The SMILES string of the molecule is CCC(CC)CC1(O)CCSC1. The van der Waals surface area contributed by atoms with Crippen LogP contribution in [0.25, 0.3) is 0 Å². The van der Waals surface area contributed by atoms with Crippen LogP contribution in [-0.2, 0) is 0 Å². The molecule has 0 saturated carbocycles. The Labute approximate surface area is 79.9 Å². The van der Waals surface area contributed by atoms with Crippen molar-refractivity contribution >= 4 is 11.8 Å². The number of thioether (sulfide) groups is 1. The van der Waals surface area contributed by atoms with Crippen LogP contribution in [0.2, 0.25) is 0 Å². The molecule has 1 rings (SSSR count). The minimum absolute atomic E-state index is 0.318. The van der Waals surface area contributed by atoms with Gasteiger partial charge in [0.15, 0.2) is 0 Å². The molecule has 1 fully saturated rings. The van der Waals surface area contributed by atoms with Crippen LogP contribution < -0.4 is 0 Å². The van der Waals surface area contributed by atoms with Crippen LogP contribution >= 0.6 is 11.8 Å². The van der Waals surface area contributed by atoms with Crippen molar-refractivity contribution in [3.05, 3.63) is 0 Å². The number of hydrogen-bond donors (Lipinski definition) is 1. The molecular formula is C10H20OS. The molecule has 1 saturated heterocycles. The van der Waals surface area contributed by atoms with E-state index >= 15 is 0 Å². The van der Waals surface area contributed by atoms with Crippen molar-refractivity contribution in [3.8, 4) is 0 Å². The summed E-state index contributed by atoms with van der Waals surface area (Å²) in [4.78, 5) is 0. The molecule has 0 aliphatic carbocycles. The van der Waals surface area contributed by atoms with Crippen LogP contribution in [-0.4, -0.2) is 22.2 Å². The molecule has 1 aliphatic heterocycles. The zero-order valence-electron chi connectivity index (χ0n) is 8.18. The average Bonchev–Trinajstić information content (AvgIpc) is 2.48. The topological polar surface area (TPSA) is 20.2 Å². The predicted octanol–water partition coefficient (Wildman–Crippen LogP) is 2.68. The van der Waals surface area contributed by atoms with Gasteiger partial charge >= 0.3 is 0 Å². The summed E-state index contributed by atoms with van der Waals surface area (Å²) in [5.41, 5.74) is -0.318. The van der Waals surface area contributed by atoms with E-state index in [1.54, 1.807) is 0 Å². The van der Waals surface area contributed by atoms with E-state index in [1.807, 2.05) is 11.8 Å². The van der Waals surface area contributed by atoms with E-state index in [9.17, 15) is 5.11 Å². The second kappa shape index (κ2) is 4.52. The summed E-state index contributed by atoms with van der Waals surface area (Å²) < 4.78 is 0. The Morgan fingerprint density at radius 3 is 2.50 bits per heavy atom. The smallest absolute Gasteiger partial charge is 0.0748 e. The second-order valence-corrected chi connectivity index (χ2v) is 5.02. The van der Waals surface area contributed by atoms with Crippen molar-refractivity contribution in [1.82, 2.24) is 0 Å². The molecular weight excluding hydrogens is 168 g/mol. The van der Waals surface area contributed by atoms with E-state index in [1.165, 1.54) is 12.8 Å². The highest BCUT2D eigenvalue weighted by Crippen LogP contribution is 2.34. The highest BCUT2D eigenvalue weighted by atomic mass is 32.2. The molecule has 0 aromatic carbocycles. The van der Waals surface area contributed by atoms with E-state index < -0.39 is 0 Å². The van der Waals surface area contributed by atoms with E-state index in [4.69, 9.17) is 0 Å². The van der Waals surface area contributed by atoms with Crippen LogP contribution in [0.1, 0.15) is 39.5 Å². The molecule has 0 aromatic rings. The van der Waals surface area contributed by atoms with Crippen molar-refractivity contribution in [2.45, 2.75) is 45.1 Å². The largest absolute Gasteiger partial charge is 0.389 e. The molecule has 1 aliphatic rings. The fraction of sp³-hybridized carbons (Fsp3) is 1.00. The number of hydrogen-bond acceptors (Lipinski definition) is 2.